The lowest BCUT2D eigenvalue weighted by atomic mass is 10.1. The third kappa shape index (κ3) is 3.98. The molecule has 1 rings (SSSR count). The zero-order valence-electron chi connectivity index (χ0n) is 8.53. The number of rotatable bonds is 4. The van der Waals surface area contributed by atoms with Crippen LogP contribution in [-0.4, -0.2) is 15.9 Å². The number of hydrogen-bond donors (Lipinski definition) is 1. The van der Waals surface area contributed by atoms with Crippen LogP contribution in [0.1, 0.15) is 26.1 Å². The lowest BCUT2D eigenvalue weighted by Gasteiger charge is -2.05. The predicted molar refractivity (Wildman–Crippen MR) is 53.3 cm³/mol. The molecule has 0 aliphatic rings. The van der Waals surface area contributed by atoms with Gasteiger partial charge in [0.15, 0.2) is 0 Å². The molecule has 0 spiro atoms. The van der Waals surface area contributed by atoms with Gasteiger partial charge in [-0.15, -0.1) is 0 Å². The first-order valence-electron chi connectivity index (χ1n) is 4.71. The van der Waals surface area contributed by atoms with Crippen molar-refractivity contribution in [1.29, 1.82) is 0 Å². The van der Waals surface area contributed by atoms with E-state index in [-0.39, 0.29) is 5.91 Å². The predicted octanol–water partition coefficient (Wildman–Crippen LogP) is 1.14. The molecule has 0 aliphatic carbocycles. The molecule has 1 heterocycles. The van der Waals surface area contributed by atoms with Crippen molar-refractivity contribution in [2.75, 3.05) is 0 Å². The summed E-state index contributed by atoms with van der Waals surface area (Å²) in [7, 11) is 0. The zero-order valence-corrected chi connectivity index (χ0v) is 8.53. The molecule has 76 valence electrons. The highest BCUT2D eigenvalue weighted by atomic mass is 16.1. The second-order valence-corrected chi connectivity index (χ2v) is 3.54. The summed E-state index contributed by atoms with van der Waals surface area (Å²) < 4.78 is 0. The fraction of sp³-hybridized carbons (Fsp3) is 0.500. The monoisotopic (exact) mass is 193 g/mol. The van der Waals surface area contributed by atoms with Gasteiger partial charge in [0.1, 0.15) is 5.82 Å². The number of carbonyl (C=O) groups is 1. The molecule has 0 radical (unpaired) electrons. The fourth-order valence-electron chi connectivity index (χ4n) is 1.04. The van der Waals surface area contributed by atoms with Crippen molar-refractivity contribution < 1.29 is 4.79 Å². The molecule has 0 bridgehead atoms. The van der Waals surface area contributed by atoms with Gasteiger partial charge in [-0.3, -0.25) is 4.79 Å². The van der Waals surface area contributed by atoms with E-state index in [1.807, 2.05) is 13.8 Å². The third-order valence-electron chi connectivity index (χ3n) is 1.66. The molecule has 4 nitrogen and oxygen atoms in total. The van der Waals surface area contributed by atoms with Crippen LogP contribution < -0.4 is 5.32 Å². The largest absolute Gasteiger partial charge is 0.349 e. The molecule has 0 aromatic carbocycles. The molecule has 1 amide bonds. The summed E-state index contributed by atoms with van der Waals surface area (Å²) in [6.45, 7) is 4.43. The van der Waals surface area contributed by atoms with Gasteiger partial charge in [-0.2, -0.15) is 0 Å². The average molecular weight is 193 g/mol. The Hall–Kier alpha value is -1.45. The van der Waals surface area contributed by atoms with Gasteiger partial charge < -0.3 is 5.32 Å². The Morgan fingerprint density at radius 2 is 2.07 bits per heavy atom. The number of nitrogens with one attached hydrogen (secondary N) is 1. The van der Waals surface area contributed by atoms with Crippen molar-refractivity contribution in [3.05, 3.63) is 24.3 Å². The van der Waals surface area contributed by atoms with Crippen molar-refractivity contribution in [3.63, 3.8) is 0 Å². The number of aromatic nitrogens is 2. The minimum Gasteiger partial charge on any atom is -0.349 e. The van der Waals surface area contributed by atoms with Gasteiger partial charge in [-0.1, -0.05) is 13.8 Å². The molecule has 0 saturated carbocycles. The second kappa shape index (κ2) is 5.32. The van der Waals surface area contributed by atoms with Crippen molar-refractivity contribution in [2.45, 2.75) is 26.8 Å². The van der Waals surface area contributed by atoms with Gasteiger partial charge >= 0.3 is 0 Å². The molecule has 4 heteroatoms. The maximum Gasteiger partial charge on any atom is 0.220 e. The molecule has 1 aromatic heterocycles. The summed E-state index contributed by atoms with van der Waals surface area (Å²) >= 11 is 0. The molecule has 0 saturated heterocycles. The maximum atomic E-state index is 11.3. The van der Waals surface area contributed by atoms with E-state index in [9.17, 15) is 4.79 Å². The Morgan fingerprint density at radius 1 is 1.43 bits per heavy atom. The molecule has 0 atom stereocenters. The number of carbonyl (C=O) groups excluding carboxylic acids is 1. The number of amides is 1. The maximum absolute atomic E-state index is 11.3. The summed E-state index contributed by atoms with van der Waals surface area (Å²) in [6.07, 6.45) is 3.88. The van der Waals surface area contributed by atoms with E-state index < -0.39 is 0 Å². The van der Waals surface area contributed by atoms with Crippen LogP contribution >= 0.6 is 0 Å². The van der Waals surface area contributed by atoms with E-state index >= 15 is 0 Å². The van der Waals surface area contributed by atoms with Crippen LogP contribution in [0.15, 0.2) is 18.5 Å². The van der Waals surface area contributed by atoms with Gasteiger partial charge in [0.05, 0.1) is 6.54 Å². The smallest absolute Gasteiger partial charge is 0.220 e. The minimum atomic E-state index is 0.0486. The molecule has 0 fully saturated rings. The van der Waals surface area contributed by atoms with E-state index in [2.05, 4.69) is 15.3 Å². The molecule has 0 unspecified atom stereocenters. The molecule has 1 aromatic rings. The third-order valence-corrected chi connectivity index (χ3v) is 1.66. The molecule has 0 aliphatic heterocycles. The molecular weight excluding hydrogens is 178 g/mol. The van der Waals surface area contributed by atoms with Crippen molar-refractivity contribution in [2.24, 2.45) is 5.92 Å². The Kier molecular flexibility index (Phi) is 4.04. The van der Waals surface area contributed by atoms with E-state index in [0.29, 0.717) is 24.7 Å². The number of nitrogens with zero attached hydrogens (tertiary/aromatic N) is 2. The second-order valence-electron chi connectivity index (χ2n) is 3.54. The van der Waals surface area contributed by atoms with Gasteiger partial charge in [0.2, 0.25) is 5.91 Å². The van der Waals surface area contributed by atoms with E-state index in [1.165, 1.54) is 0 Å². The van der Waals surface area contributed by atoms with Crippen LogP contribution in [0.25, 0.3) is 0 Å². The SMILES string of the molecule is CC(C)CC(=O)NCc1ncccn1. The lowest BCUT2D eigenvalue weighted by Crippen LogP contribution is -2.24. The highest BCUT2D eigenvalue weighted by Crippen LogP contribution is 1.98. The summed E-state index contributed by atoms with van der Waals surface area (Å²) in [5, 5.41) is 2.77. The highest BCUT2D eigenvalue weighted by Gasteiger charge is 2.04. The van der Waals surface area contributed by atoms with Crippen molar-refractivity contribution in [3.8, 4) is 0 Å². The first kappa shape index (κ1) is 10.6. The number of hydrogen-bond acceptors (Lipinski definition) is 3. The summed E-state index contributed by atoms with van der Waals surface area (Å²) in [4.78, 5) is 19.3. The van der Waals surface area contributed by atoms with E-state index in [0.717, 1.165) is 0 Å². The molecule has 1 N–H and O–H groups in total. The quantitative estimate of drug-likeness (QED) is 0.780. The standard InChI is InChI=1S/C10H15N3O/c1-8(2)6-10(14)13-7-9-11-4-3-5-12-9/h3-5,8H,6-7H2,1-2H3,(H,13,14). The fourth-order valence-corrected chi connectivity index (χ4v) is 1.04. The topological polar surface area (TPSA) is 54.9 Å². The zero-order chi connectivity index (χ0) is 10.4. The van der Waals surface area contributed by atoms with Crippen LogP contribution in [0.3, 0.4) is 0 Å². The van der Waals surface area contributed by atoms with Crippen LogP contribution in [0.4, 0.5) is 0 Å². The summed E-state index contributed by atoms with van der Waals surface area (Å²) in [5.74, 6) is 1.07. The van der Waals surface area contributed by atoms with Gasteiger partial charge in [0.25, 0.3) is 0 Å². The first-order valence-corrected chi connectivity index (χ1v) is 4.71. The Balaban J connectivity index is 2.31. The van der Waals surface area contributed by atoms with Crippen molar-refractivity contribution in [1.82, 2.24) is 15.3 Å². The highest BCUT2D eigenvalue weighted by molar-refractivity contribution is 5.75. The molecule has 14 heavy (non-hydrogen) atoms. The van der Waals surface area contributed by atoms with Crippen LogP contribution in [0, 0.1) is 5.92 Å². The molecular formula is C10H15N3O. The van der Waals surface area contributed by atoms with Gasteiger partial charge in [0, 0.05) is 18.8 Å². The summed E-state index contributed by atoms with van der Waals surface area (Å²) in [6, 6.07) is 1.75. The summed E-state index contributed by atoms with van der Waals surface area (Å²) in [5.41, 5.74) is 0. The van der Waals surface area contributed by atoms with Gasteiger partial charge in [-0.25, -0.2) is 9.97 Å². The normalized spacial score (nSPS) is 10.2. The average Bonchev–Trinajstić information content (AvgIpc) is 2.15. The Bertz CT molecular complexity index is 285. The van der Waals surface area contributed by atoms with Crippen molar-refractivity contribution >= 4 is 5.91 Å². The minimum absolute atomic E-state index is 0.0486. The van der Waals surface area contributed by atoms with Crippen LogP contribution in [-0.2, 0) is 11.3 Å². The van der Waals surface area contributed by atoms with Gasteiger partial charge in [-0.05, 0) is 12.0 Å². The first-order chi connectivity index (χ1) is 6.68. The lowest BCUT2D eigenvalue weighted by molar-refractivity contribution is -0.121. The Labute approximate surface area is 83.8 Å². The van der Waals surface area contributed by atoms with E-state index in [1.54, 1.807) is 18.5 Å². The van der Waals surface area contributed by atoms with E-state index in [4.69, 9.17) is 0 Å². The van der Waals surface area contributed by atoms with Crippen LogP contribution in [0.2, 0.25) is 0 Å². The van der Waals surface area contributed by atoms with Crippen LogP contribution in [0.5, 0.6) is 0 Å². The Morgan fingerprint density at radius 3 is 2.64 bits per heavy atom.